The van der Waals surface area contributed by atoms with Crippen molar-refractivity contribution in [3.05, 3.63) is 145 Å². The number of ether oxygens (including phenoxy) is 8. The van der Waals surface area contributed by atoms with Gasteiger partial charge in [0.1, 0.15) is 45.9 Å². The van der Waals surface area contributed by atoms with Crippen LogP contribution in [0.15, 0.2) is 158 Å². The summed E-state index contributed by atoms with van der Waals surface area (Å²) in [5.41, 5.74) is -2.66. The molecule has 662 valence electrons. The maximum atomic E-state index is 13.2. The van der Waals surface area contributed by atoms with Crippen LogP contribution in [0.5, 0.6) is 17.2 Å². The number of carbonyl (C=O) groups excluding carboxylic acids is 2. The second kappa shape index (κ2) is 38.6. The summed E-state index contributed by atoms with van der Waals surface area (Å²) in [5.74, 6) is 1.51. The Morgan fingerprint density at radius 1 is 0.425 bits per heavy atom. The van der Waals surface area contributed by atoms with Gasteiger partial charge in [-0.2, -0.15) is 21.5 Å². The fourth-order valence-corrected chi connectivity index (χ4v) is 25.9. The van der Waals surface area contributed by atoms with Gasteiger partial charge in [-0.1, -0.05) is 37.3 Å². The number of sulfonamides is 5. The van der Waals surface area contributed by atoms with E-state index in [1.54, 1.807) is 99.9 Å². The number of ketones is 2. The summed E-state index contributed by atoms with van der Waals surface area (Å²) < 4.78 is 218. The minimum absolute atomic E-state index is 0.0713. The molecule has 5 spiro atoms. The molecule has 1 aliphatic carbocycles. The number of hydrogen-bond donors (Lipinski definition) is 1. The predicted molar refractivity (Wildman–Crippen MR) is 439 cm³/mol. The number of rotatable bonds is 20. The normalized spacial score (nSPS) is 22.6. The zero-order chi connectivity index (χ0) is 86.2. The third kappa shape index (κ3) is 20.9. The Morgan fingerprint density at radius 3 is 0.975 bits per heavy atom. The number of benzene rings is 5. The Morgan fingerprint density at radius 2 is 0.700 bits per heavy atom. The van der Waals surface area contributed by atoms with Gasteiger partial charge in [-0.05, 0) is 156 Å². The Bertz CT molecular complexity index is 4910. The third-order valence-corrected chi connectivity index (χ3v) is 34.2. The summed E-state index contributed by atoms with van der Waals surface area (Å²) >= 11 is 0. The molecule has 0 aromatic heterocycles. The van der Waals surface area contributed by atoms with Crippen LogP contribution in [-0.4, -0.2) is 302 Å². The molecule has 16 rings (SSSR count). The number of hydrogen-bond acceptors (Lipinski definition) is 25. The van der Waals surface area contributed by atoms with Crippen molar-refractivity contribution in [2.75, 3.05) is 172 Å². The molecule has 11 fully saturated rings. The number of nitrogens with one attached hydrogen (secondary N) is 1. The first kappa shape index (κ1) is 92.7. The monoisotopic (exact) mass is 1770 g/mol. The van der Waals surface area contributed by atoms with Crippen LogP contribution >= 0.6 is 0 Å². The number of methoxy groups -OCH3 is 2. The van der Waals surface area contributed by atoms with E-state index in [1.165, 1.54) is 59.6 Å². The maximum Gasteiger partial charge on any atom is 0.573 e. The van der Waals surface area contributed by atoms with Crippen LogP contribution in [0.25, 0.3) is 0 Å². The second-order valence-electron chi connectivity index (χ2n) is 31.7. The summed E-state index contributed by atoms with van der Waals surface area (Å²) in [6.45, 7) is 23.7. The van der Waals surface area contributed by atoms with Crippen molar-refractivity contribution in [3.8, 4) is 17.2 Å². The van der Waals surface area contributed by atoms with Gasteiger partial charge in [0.15, 0.2) is 11.6 Å². The minimum atomic E-state index is -4.82. The van der Waals surface area contributed by atoms with E-state index in [4.69, 9.17) is 33.2 Å². The van der Waals surface area contributed by atoms with Crippen molar-refractivity contribution >= 4 is 61.7 Å². The molecular formula is C82H113F3N10O20S5. The van der Waals surface area contributed by atoms with Crippen LogP contribution in [0.3, 0.4) is 0 Å². The van der Waals surface area contributed by atoms with Gasteiger partial charge in [-0.3, -0.25) is 14.5 Å². The fourth-order valence-electron chi connectivity index (χ4n) is 17.3. The predicted octanol–water partition coefficient (Wildman–Crippen LogP) is 8.35. The smallest absolute Gasteiger partial charge is 0.497 e. The molecule has 0 amide bonds. The highest BCUT2D eigenvalue weighted by molar-refractivity contribution is 7.90. The van der Waals surface area contributed by atoms with Crippen LogP contribution < -0.4 is 19.5 Å². The number of carbonyl (C=O) groups is 2. The minimum Gasteiger partial charge on any atom is -0.497 e. The molecule has 10 aliphatic heterocycles. The van der Waals surface area contributed by atoms with Gasteiger partial charge < -0.3 is 57.9 Å². The molecule has 30 nitrogen and oxygen atoms in total. The molecule has 1 N–H and O–H groups in total. The highest BCUT2D eigenvalue weighted by Crippen LogP contribution is 2.45. The molecule has 10 saturated heterocycles. The van der Waals surface area contributed by atoms with Gasteiger partial charge in [-0.15, -0.1) is 19.8 Å². The van der Waals surface area contributed by atoms with Crippen molar-refractivity contribution in [3.63, 3.8) is 0 Å². The average molecular weight is 1780 g/mol. The molecule has 5 aromatic carbocycles. The largest absolute Gasteiger partial charge is 0.573 e. The topological polar surface area (TPSA) is 320 Å². The van der Waals surface area contributed by atoms with E-state index in [-0.39, 0.29) is 37.7 Å². The van der Waals surface area contributed by atoms with Crippen molar-refractivity contribution in [2.24, 2.45) is 5.92 Å². The Labute approximate surface area is 704 Å². The number of piperidine rings is 5. The highest BCUT2D eigenvalue weighted by atomic mass is 32.2. The number of halogens is 3. The summed E-state index contributed by atoms with van der Waals surface area (Å²) in [4.78, 5) is 32.9. The molecule has 1 saturated carbocycles. The average Bonchev–Trinajstić information content (AvgIpc) is 1.57. The number of alkyl halides is 3. The van der Waals surface area contributed by atoms with Crippen LogP contribution in [0.1, 0.15) is 119 Å². The van der Waals surface area contributed by atoms with Crippen LogP contribution in [0, 0.1) is 5.92 Å². The fraction of sp³-hybridized carbons (Fsp3) is 0.585. The van der Waals surface area contributed by atoms with E-state index in [0.29, 0.717) is 151 Å². The molecule has 5 aromatic rings. The molecule has 10 heterocycles. The summed E-state index contributed by atoms with van der Waals surface area (Å²) in [5, 5.41) is 3.15. The van der Waals surface area contributed by atoms with Crippen molar-refractivity contribution in [2.45, 2.75) is 157 Å². The molecule has 38 heteroatoms. The quantitative estimate of drug-likeness (QED) is 0.0565. The summed E-state index contributed by atoms with van der Waals surface area (Å²) in [6.07, 6.45) is 6.34. The standard InChI is InChI=1S/C19H26N2O4S.C17H24N2O4S.C16H22N2O4S.C16H24N2O4S.C14H17F3N2O4S/c1-15(22)17-4-6-18(7-5-17)26(23,24)21-12-13-25-19(21)8-10-20(11-9-19)14-16-2-3-16;1-3-10-18-11-8-17(9-12-18)19(13-14-23-17)24(20,21)16-6-4-15(22-2)5-7-16;1-13(19)14-3-5-15(6-4-14)23(20,21)18-11-12-22-16(18)7-9-17(2)10-8-16;1-3-17-10-8-16(9-11-17)18(12-13-22-16)23(19,20)15-6-4-14(21-2)5-7-15;15-14(16,17)23-11-1-3-12(4-2-11)24(20,21)19-9-10-22-13(19)5-7-18-8-6-13/h4-7,16H,2-3,8-14H2,1H3;3-7H,1,8-14H2,2H3;3-6H,7-12H2,1-2H3;4-7H,3,8-13H2,1-2H3;1-4,18H,5-10H2. The van der Waals surface area contributed by atoms with Crippen molar-refractivity contribution < 1.29 is 103 Å². The van der Waals surface area contributed by atoms with Gasteiger partial charge >= 0.3 is 6.36 Å². The lowest BCUT2D eigenvalue weighted by Gasteiger charge is -2.43. The summed E-state index contributed by atoms with van der Waals surface area (Å²) in [7, 11) is -13.1. The lowest BCUT2D eigenvalue weighted by molar-refractivity contribution is -0.274. The van der Waals surface area contributed by atoms with Gasteiger partial charge in [0.25, 0.3) is 0 Å². The molecular weight excluding hydrogens is 1660 g/mol. The van der Waals surface area contributed by atoms with Crippen LogP contribution in [0.2, 0.25) is 0 Å². The zero-order valence-electron chi connectivity index (χ0n) is 69.0. The van der Waals surface area contributed by atoms with E-state index in [2.05, 4.69) is 43.2 Å². The van der Waals surface area contributed by atoms with Crippen molar-refractivity contribution in [1.82, 2.24) is 46.4 Å². The lowest BCUT2D eigenvalue weighted by Crippen LogP contribution is -2.55. The van der Waals surface area contributed by atoms with Crippen LogP contribution in [0.4, 0.5) is 13.2 Å². The van der Waals surface area contributed by atoms with Crippen LogP contribution in [-0.2, 0) is 73.8 Å². The first-order valence-corrected chi connectivity index (χ1v) is 48.1. The molecule has 0 unspecified atom stereocenters. The van der Waals surface area contributed by atoms with E-state index < -0.39 is 90.9 Å². The first-order chi connectivity index (χ1) is 57.0. The first-order valence-electron chi connectivity index (χ1n) is 40.9. The van der Waals surface area contributed by atoms with E-state index in [9.17, 15) is 64.8 Å². The van der Waals surface area contributed by atoms with Gasteiger partial charge in [-0.25, -0.2) is 42.1 Å². The molecule has 0 bridgehead atoms. The molecule has 0 radical (unpaired) electrons. The molecule has 120 heavy (non-hydrogen) atoms. The van der Waals surface area contributed by atoms with Gasteiger partial charge in [0.05, 0.1) is 71.7 Å². The Hall–Kier alpha value is -6.48. The Kier molecular flexibility index (Phi) is 29.8. The van der Waals surface area contributed by atoms with Crippen molar-refractivity contribution in [1.29, 1.82) is 0 Å². The van der Waals surface area contributed by atoms with Gasteiger partial charge in [0.2, 0.25) is 50.1 Å². The van der Waals surface area contributed by atoms with E-state index in [0.717, 1.165) is 115 Å². The van der Waals surface area contributed by atoms with Gasteiger partial charge in [0, 0.05) is 174 Å². The zero-order valence-corrected chi connectivity index (χ0v) is 73.1. The molecule has 0 atom stereocenters. The number of Topliss-reactive ketones (excluding diaryl/α,β-unsaturated/α-hetero) is 2. The van der Waals surface area contributed by atoms with E-state index in [1.807, 2.05) is 13.1 Å². The van der Waals surface area contributed by atoms with E-state index >= 15 is 0 Å². The highest BCUT2D eigenvalue weighted by Gasteiger charge is 2.56. The summed E-state index contributed by atoms with van der Waals surface area (Å²) in [6, 6.07) is 29.6. The maximum absolute atomic E-state index is 13.2. The molecule has 11 aliphatic rings. The third-order valence-electron chi connectivity index (χ3n) is 24.3. The number of likely N-dealkylation sites (tertiary alicyclic amines) is 4. The SMILES string of the molecule is C=CCN1CCC2(CC1)OCCN2S(=O)(=O)c1ccc(OC)cc1.CC(=O)c1ccc(S(=O)(=O)N2CCOC23CCN(C)CC3)cc1.CC(=O)c1ccc(S(=O)(=O)N2CCOC23CCN(CC2CC2)CC3)cc1.CCN1CCC2(CC1)OCCN2S(=O)(=O)c1ccc(OC)cc1.O=S(=O)(c1ccc(OC(F)(F)F)cc1)N1CCOC12CCNCC2. The number of nitrogens with zero attached hydrogens (tertiary/aromatic N) is 9. The second-order valence-corrected chi connectivity index (χ2v) is 41.0. The Balaban J connectivity index is 0.000000138. The lowest BCUT2D eigenvalue weighted by atomic mass is 10.0.